The maximum absolute atomic E-state index is 11.9. The van der Waals surface area contributed by atoms with E-state index in [9.17, 15) is 4.79 Å². The fourth-order valence-electron chi connectivity index (χ4n) is 1.58. The van der Waals surface area contributed by atoms with Gasteiger partial charge in [0.1, 0.15) is 0 Å². The van der Waals surface area contributed by atoms with E-state index in [1.807, 2.05) is 38.1 Å². The van der Waals surface area contributed by atoms with Gasteiger partial charge in [-0.05, 0) is 38.7 Å². The normalized spacial score (nSPS) is 12.6. The van der Waals surface area contributed by atoms with Gasteiger partial charge in [-0.3, -0.25) is 9.69 Å². The first-order valence-corrected chi connectivity index (χ1v) is 5.65. The van der Waals surface area contributed by atoms with Gasteiger partial charge in [-0.25, -0.2) is 0 Å². The van der Waals surface area contributed by atoms with Crippen LogP contribution in [0.2, 0.25) is 5.02 Å². The highest BCUT2D eigenvalue weighted by molar-refractivity contribution is 6.30. The molecule has 0 aliphatic rings. The van der Waals surface area contributed by atoms with Crippen LogP contribution in [-0.4, -0.2) is 30.9 Å². The van der Waals surface area contributed by atoms with Crippen molar-refractivity contribution in [1.29, 1.82) is 0 Å². The van der Waals surface area contributed by atoms with E-state index in [-0.39, 0.29) is 11.9 Å². The lowest BCUT2D eigenvalue weighted by Crippen LogP contribution is -2.39. The highest BCUT2D eigenvalue weighted by Gasteiger charge is 2.18. The Morgan fingerprint density at radius 2 is 2.19 bits per heavy atom. The number of carbonyl (C=O) groups excluding carboxylic acids is 1. The smallest absolute Gasteiger partial charge is 0.241 e. The SMILES string of the molecule is CCC(C(=O)Nc1cccc(Cl)c1)N(C)C. The first-order chi connectivity index (χ1) is 7.54. The fraction of sp³-hybridized carbons (Fsp3) is 0.417. The van der Waals surface area contributed by atoms with Crippen molar-refractivity contribution in [2.75, 3.05) is 19.4 Å². The van der Waals surface area contributed by atoms with Gasteiger partial charge in [-0.15, -0.1) is 0 Å². The number of hydrogen-bond donors (Lipinski definition) is 1. The van der Waals surface area contributed by atoms with Gasteiger partial charge in [0.2, 0.25) is 5.91 Å². The van der Waals surface area contributed by atoms with Crippen LogP contribution in [0, 0.1) is 0 Å². The van der Waals surface area contributed by atoms with Crippen molar-refractivity contribution in [3.05, 3.63) is 29.3 Å². The van der Waals surface area contributed by atoms with E-state index in [1.165, 1.54) is 0 Å². The summed E-state index contributed by atoms with van der Waals surface area (Å²) in [6, 6.07) is 7.04. The highest BCUT2D eigenvalue weighted by Crippen LogP contribution is 2.15. The zero-order chi connectivity index (χ0) is 12.1. The van der Waals surface area contributed by atoms with E-state index >= 15 is 0 Å². The molecule has 0 spiro atoms. The molecule has 1 amide bonds. The molecule has 0 aliphatic carbocycles. The molecule has 0 saturated heterocycles. The van der Waals surface area contributed by atoms with Gasteiger partial charge in [0.15, 0.2) is 0 Å². The monoisotopic (exact) mass is 240 g/mol. The van der Waals surface area contributed by atoms with Crippen molar-refractivity contribution in [2.24, 2.45) is 0 Å². The number of rotatable bonds is 4. The Bertz CT molecular complexity index is 366. The molecule has 0 aromatic heterocycles. The second kappa shape index (κ2) is 5.87. The minimum atomic E-state index is -0.112. The summed E-state index contributed by atoms with van der Waals surface area (Å²) in [6.45, 7) is 1.99. The molecular weight excluding hydrogens is 224 g/mol. The van der Waals surface area contributed by atoms with Crippen LogP contribution in [0.3, 0.4) is 0 Å². The van der Waals surface area contributed by atoms with Crippen molar-refractivity contribution in [1.82, 2.24) is 4.90 Å². The van der Waals surface area contributed by atoms with Gasteiger partial charge in [0, 0.05) is 10.7 Å². The minimum absolute atomic E-state index is 0.00485. The number of nitrogens with one attached hydrogen (secondary N) is 1. The lowest BCUT2D eigenvalue weighted by molar-refractivity contribution is -0.120. The molecule has 0 bridgehead atoms. The molecule has 0 aliphatic heterocycles. The molecule has 0 saturated carbocycles. The van der Waals surface area contributed by atoms with Crippen LogP contribution in [0.4, 0.5) is 5.69 Å². The Kier molecular flexibility index (Phi) is 4.77. The molecule has 3 nitrogen and oxygen atoms in total. The van der Waals surface area contributed by atoms with Gasteiger partial charge in [0.05, 0.1) is 6.04 Å². The fourth-order valence-corrected chi connectivity index (χ4v) is 1.77. The van der Waals surface area contributed by atoms with E-state index in [4.69, 9.17) is 11.6 Å². The van der Waals surface area contributed by atoms with Crippen LogP contribution in [-0.2, 0) is 4.79 Å². The number of hydrogen-bond acceptors (Lipinski definition) is 2. The number of amides is 1. The van der Waals surface area contributed by atoms with Crippen LogP contribution < -0.4 is 5.32 Å². The Balaban J connectivity index is 2.70. The summed E-state index contributed by atoms with van der Waals surface area (Å²) in [5, 5.41) is 3.47. The average molecular weight is 241 g/mol. The standard InChI is InChI=1S/C12H17ClN2O/c1-4-11(15(2)3)12(16)14-10-7-5-6-9(13)8-10/h5-8,11H,4H2,1-3H3,(H,14,16). The maximum atomic E-state index is 11.9. The summed E-state index contributed by atoms with van der Waals surface area (Å²) >= 11 is 5.84. The molecule has 16 heavy (non-hydrogen) atoms. The minimum Gasteiger partial charge on any atom is -0.325 e. The lowest BCUT2D eigenvalue weighted by Gasteiger charge is -2.21. The number of nitrogens with zero attached hydrogens (tertiary/aromatic N) is 1. The molecule has 1 aromatic carbocycles. The van der Waals surface area contributed by atoms with Crippen molar-refractivity contribution in [3.63, 3.8) is 0 Å². The summed E-state index contributed by atoms with van der Waals surface area (Å²) in [6.07, 6.45) is 0.777. The third-order valence-electron chi connectivity index (χ3n) is 2.40. The quantitative estimate of drug-likeness (QED) is 0.878. The lowest BCUT2D eigenvalue weighted by atomic mass is 10.2. The number of likely N-dealkylation sites (N-methyl/N-ethyl adjacent to an activating group) is 1. The van der Waals surface area contributed by atoms with Crippen LogP contribution in [0.5, 0.6) is 0 Å². The van der Waals surface area contributed by atoms with Gasteiger partial charge >= 0.3 is 0 Å². The maximum Gasteiger partial charge on any atom is 0.241 e. The predicted molar refractivity (Wildman–Crippen MR) is 67.8 cm³/mol. The Morgan fingerprint density at radius 3 is 2.69 bits per heavy atom. The summed E-state index contributed by atoms with van der Waals surface area (Å²) in [5.74, 6) is -0.00485. The van der Waals surface area contributed by atoms with Crippen molar-refractivity contribution >= 4 is 23.2 Å². The van der Waals surface area contributed by atoms with E-state index in [1.54, 1.807) is 12.1 Å². The van der Waals surface area contributed by atoms with Crippen LogP contribution in [0.1, 0.15) is 13.3 Å². The Hall–Kier alpha value is -1.06. The molecule has 0 fully saturated rings. The number of benzene rings is 1. The van der Waals surface area contributed by atoms with Gasteiger partial charge in [-0.1, -0.05) is 24.6 Å². The Morgan fingerprint density at radius 1 is 1.50 bits per heavy atom. The summed E-state index contributed by atoms with van der Waals surface area (Å²) in [4.78, 5) is 13.8. The van der Waals surface area contributed by atoms with Crippen molar-refractivity contribution < 1.29 is 4.79 Å². The molecule has 1 aromatic rings. The van der Waals surface area contributed by atoms with Crippen LogP contribution in [0.15, 0.2) is 24.3 Å². The van der Waals surface area contributed by atoms with Gasteiger partial charge < -0.3 is 5.32 Å². The van der Waals surface area contributed by atoms with Gasteiger partial charge in [0.25, 0.3) is 0 Å². The second-order valence-electron chi connectivity index (χ2n) is 3.89. The highest BCUT2D eigenvalue weighted by atomic mass is 35.5. The Labute approximate surface area is 101 Å². The van der Waals surface area contributed by atoms with Gasteiger partial charge in [-0.2, -0.15) is 0 Å². The predicted octanol–water partition coefficient (Wildman–Crippen LogP) is 2.62. The molecule has 1 rings (SSSR count). The van der Waals surface area contributed by atoms with E-state index < -0.39 is 0 Å². The van der Waals surface area contributed by atoms with Crippen molar-refractivity contribution in [3.8, 4) is 0 Å². The average Bonchev–Trinajstić information content (AvgIpc) is 2.17. The number of anilines is 1. The third kappa shape index (κ3) is 3.51. The summed E-state index contributed by atoms with van der Waals surface area (Å²) < 4.78 is 0. The van der Waals surface area contributed by atoms with Crippen molar-refractivity contribution in [2.45, 2.75) is 19.4 Å². The zero-order valence-electron chi connectivity index (χ0n) is 9.83. The van der Waals surface area contributed by atoms with Crippen LogP contribution >= 0.6 is 11.6 Å². The number of carbonyl (C=O) groups is 1. The molecule has 1 atom stereocenters. The third-order valence-corrected chi connectivity index (χ3v) is 2.64. The topological polar surface area (TPSA) is 32.3 Å². The van der Waals surface area contributed by atoms with Crippen LogP contribution in [0.25, 0.3) is 0 Å². The summed E-state index contributed by atoms with van der Waals surface area (Å²) in [7, 11) is 3.79. The zero-order valence-corrected chi connectivity index (χ0v) is 10.6. The molecule has 1 unspecified atom stereocenters. The molecule has 4 heteroatoms. The molecule has 0 radical (unpaired) electrons. The second-order valence-corrected chi connectivity index (χ2v) is 4.32. The summed E-state index contributed by atoms with van der Waals surface area (Å²) in [5.41, 5.74) is 0.734. The van der Waals surface area contributed by atoms with E-state index in [2.05, 4.69) is 5.32 Å². The first-order valence-electron chi connectivity index (χ1n) is 5.27. The molecule has 88 valence electrons. The first kappa shape index (κ1) is 13.0. The number of halogens is 1. The molecule has 1 N–H and O–H groups in total. The van der Waals surface area contributed by atoms with E-state index in [0.29, 0.717) is 5.02 Å². The molecule has 0 heterocycles. The largest absolute Gasteiger partial charge is 0.325 e. The molecular formula is C12H17ClN2O. The van der Waals surface area contributed by atoms with E-state index in [0.717, 1.165) is 12.1 Å².